The number of rotatable bonds is 1. The van der Waals surface area contributed by atoms with Gasteiger partial charge in [-0.05, 0) is 31.4 Å². The maximum atomic E-state index is 11.4. The van der Waals surface area contributed by atoms with Gasteiger partial charge in [0, 0.05) is 17.4 Å². The quantitative estimate of drug-likeness (QED) is 0.794. The standard InChI is InChI=1S/C13H13NO2/c14-13(15)9-5-3-7-11-12(9)8-4-1-2-6-10(8)16-11/h3,5,7H,1-2,4,6H2,(H2,14,15). The zero-order valence-corrected chi connectivity index (χ0v) is 8.95. The van der Waals surface area contributed by atoms with E-state index in [-0.39, 0.29) is 5.91 Å². The van der Waals surface area contributed by atoms with Crippen LogP contribution < -0.4 is 5.73 Å². The highest BCUT2D eigenvalue weighted by atomic mass is 16.3. The molecule has 16 heavy (non-hydrogen) atoms. The fourth-order valence-electron chi connectivity index (χ4n) is 2.52. The number of carbonyl (C=O) groups excluding carboxylic acids is 1. The van der Waals surface area contributed by atoms with Gasteiger partial charge in [-0.1, -0.05) is 6.07 Å². The molecule has 0 aliphatic heterocycles. The third kappa shape index (κ3) is 1.24. The van der Waals surface area contributed by atoms with Gasteiger partial charge < -0.3 is 10.2 Å². The van der Waals surface area contributed by atoms with Crippen LogP contribution >= 0.6 is 0 Å². The van der Waals surface area contributed by atoms with Crippen molar-refractivity contribution in [3.8, 4) is 0 Å². The summed E-state index contributed by atoms with van der Waals surface area (Å²) in [7, 11) is 0. The van der Waals surface area contributed by atoms with Crippen LogP contribution in [0.4, 0.5) is 0 Å². The van der Waals surface area contributed by atoms with Gasteiger partial charge >= 0.3 is 0 Å². The molecule has 1 heterocycles. The fourth-order valence-corrected chi connectivity index (χ4v) is 2.52. The van der Waals surface area contributed by atoms with Crippen LogP contribution in [0.3, 0.4) is 0 Å². The van der Waals surface area contributed by atoms with Gasteiger partial charge in [-0.15, -0.1) is 0 Å². The van der Waals surface area contributed by atoms with E-state index < -0.39 is 0 Å². The van der Waals surface area contributed by atoms with E-state index >= 15 is 0 Å². The second kappa shape index (κ2) is 3.37. The van der Waals surface area contributed by atoms with Crippen molar-refractivity contribution < 1.29 is 9.21 Å². The highest BCUT2D eigenvalue weighted by molar-refractivity contribution is 6.06. The molecule has 3 heteroatoms. The Bertz CT molecular complexity index is 569. The van der Waals surface area contributed by atoms with Gasteiger partial charge in [0.05, 0.1) is 5.56 Å². The Morgan fingerprint density at radius 3 is 2.88 bits per heavy atom. The Labute approximate surface area is 93.2 Å². The number of hydrogen-bond acceptors (Lipinski definition) is 2. The first kappa shape index (κ1) is 9.46. The summed E-state index contributed by atoms with van der Waals surface area (Å²) in [6.07, 6.45) is 4.29. The zero-order valence-electron chi connectivity index (χ0n) is 8.95. The monoisotopic (exact) mass is 215 g/mol. The van der Waals surface area contributed by atoms with Gasteiger partial charge in [0.1, 0.15) is 11.3 Å². The number of benzene rings is 1. The van der Waals surface area contributed by atoms with E-state index in [4.69, 9.17) is 10.2 Å². The molecule has 3 rings (SSSR count). The van der Waals surface area contributed by atoms with Gasteiger partial charge in [0.15, 0.2) is 0 Å². The molecule has 1 aromatic carbocycles. The summed E-state index contributed by atoms with van der Waals surface area (Å²) in [4.78, 5) is 11.4. The molecule has 0 radical (unpaired) electrons. The van der Waals surface area contributed by atoms with Gasteiger partial charge in [-0.3, -0.25) is 4.79 Å². The molecular formula is C13H13NO2. The molecule has 1 amide bonds. The van der Waals surface area contributed by atoms with Crippen molar-refractivity contribution in [3.63, 3.8) is 0 Å². The van der Waals surface area contributed by atoms with E-state index in [2.05, 4.69) is 0 Å². The Balaban J connectivity index is 2.36. The molecule has 1 aliphatic carbocycles. The molecule has 0 saturated heterocycles. The minimum Gasteiger partial charge on any atom is -0.461 e. The summed E-state index contributed by atoms with van der Waals surface area (Å²) >= 11 is 0. The third-order valence-electron chi connectivity index (χ3n) is 3.24. The van der Waals surface area contributed by atoms with Crippen molar-refractivity contribution in [1.82, 2.24) is 0 Å². The number of hydrogen-bond donors (Lipinski definition) is 1. The minimum absolute atomic E-state index is 0.375. The number of fused-ring (bicyclic) bond motifs is 3. The van der Waals surface area contributed by atoms with Crippen molar-refractivity contribution in [2.24, 2.45) is 5.73 Å². The summed E-state index contributed by atoms with van der Waals surface area (Å²) in [5, 5.41) is 0.935. The number of primary amides is 1. The average molecular weight is 215 g/mol. The van der Waals surface area contributed by atoms with Crippen LogP contribution in [-0.2, 0) is 12.8 Å². The predicted octanol–water partition coefficient (Wildman–Crippen LogP) is 2.41. The van der Waals surface area contributed by atoms with Crippen LogP contribution in [0.15, 0.2) is 22.6 Å². The smallest absolute Gasteiger partial charge is 0.249 e. The summed E-state index contributed by atoms with van der Waals surface area (Å²) < 4.78 is 5.77. The molecule has 0 fully saturated rings. The molecule has 0 atom stereocenters. The normalized spacial score (nSPS) is 15.0. The van der Waals surface area contributed by atoms with E-state index in [1.807, 2.05) is 12.1 Å². The van der Waals surface area contributed by atoms with Crippen molar-refractivity contribution in [1.29, 1.82) is 0 Å². The van der Waals surface area contributed by atoms with Crippen molar-refractivity contribution in [2.75, 3.05) is 0 Å². The molecule has 2 aromatic rings. The number of furan rings is 1. The average Bonchev–Trinajstić information content (AvgIpc) is 2.66. The number of nitrogens with two attached hydrogens (primary N) is 1. The van der Waals surface area contributed by atoms with Crippen LogP contribution in [0, 0.1) is 0 Å². The first-order valence-electron chi connectivity index (χ1n) is 5.60. The van der Waals surface area contributed by atoms with Gasteiger partial charge in [-0.25, -0.2) is 0 Å². The van der Waals surface area contributed by atoms with E-state index in [1.165, 1.54) is 12.0 Å². The van der Waals surface area contributed by atoms with Crippen LogP contribution in [0.5, 0.6) is 0 Å². The molecular weight excluding hydrogens is 202 g/mol. The Morgan fingerprint density at radius 1 is 1.25 bits per heavy atom. The summed E-state index contributed by atoms with van der Waals surface area (Å²) in [6.45, 7) is 0. The van der Waals surface area contributed by atoms with Crippen molar-refractivity contribution in [2.45, 2.75) is 25.7 Å². The lowest BCUT2D eigenvalue weighted by Crippen LogP contribution is -2.12. The molecule has 1 aliphatic rings. The fraction of sp³-hybridized carbons (Fsp3) is 0.308. The number of aryl methyl sites for hydroxylation is 2. The lowest BCUT2D eigenvalue weighted by Gasteiger charge is -2.09. The van der Waals surface area contributed by atoms with Crippen LogP contribution in [0.1, 0.15) is 34.5 Å². The van der Waals surface area contributed by atoms with Crippen LogP contribution in [-0.4, -0.2) is 5.91 Å². The Kier molecular flexibility index (Phi) is 1.99. The van der Waals surface area contributed by atoms with Crippen LogP contribution in [0.25, 0.3) is 11.0 Å². The van der Waals surface area contributed by atoms with Crippen LogP contribution in [0.2, 0.25) is 0 Å². The highest BCUT2D eigenvalue weighted by Gasteiger charge is 2.21. The second-order valence-electron chi connectivity index (χ2n) is 4.25. The van der Waals surface area contributed by atoms with E-state index in [9.17, 15) is 4.79 Å². The summed E-state index contributed by atoms with van der Waals surface area (Å²) in [5.74, 6) is 0.662. The first-order valence-corrected chi connectivity index (χ1v) is 5.60. The number of amides is 1. The molecule has 1 aromatic heterocycles. The van der Waals surface area contributed by atoms with E-state index in [0.717, 1.165) is 36.0 Å². The molecule has 0 saturated carbocycles. The summed E-state index contributed by atoms with van der Waals surface area (Å²) in [5.41, 5.74) is 7.96. The summed E-state index contributed by atoms with van der Waals surface area (Å²) in [6, 6.07) is 5.49. The second-order valence-corrected chi connectivity index (χ2v) is 4.25. The lowest BCUT2D eigenvalue weighted by atomic mass is 9.94. The molecule has 0 unspecified atom stereocenters. The predicted molar refractivity (Wildman–Crippen MR) is 61.4 cm³/mol. The van der Waals surface area contributed by atoms with Gasteiger partial charge in [0.25, 0.3) is 0 Å². The SMILES string of the molecule is NC(=O)c1cccc2oc3c(c12)CCCC3. The first-order chi connectivity index (χ1) is 7.77. The number of carbonyl (C=O) groups is 1. The Hall–Kier alpha value is -1.77. The minimum atomic E-state index is -0.375. The molecule has 2 N–H and O–H groups in total. The zero-order chi connectivity index (χ0) is 11.1. The van der Waals surface area contributed by atoms with Crippen molar-refractivity contribution >= 4 is 16.9 Å². The van der Waals surface area contributed by atoms with Crippen molar-refractivity contribution in [3.05, 3.63) is 35.1 Å². The maximum absolute atomic E-state index is 11.4. The highest BCUT2D eigenvalue weighted by Crippen LogP contribution is 2.33. The molecule has 0 bridgehead atoms. The van der Waals surface area contributed by atoms with E-state index in [0.29, 0.717) is 5.56 Å². The topological polar surface area (TPSA) is 56.2 Å². The van der Waals surface area contributed by atoms with Gasteiger partial charge in [-0.2, -0.15) is 0 Å². The Morgan fingerprint density at radius 2 is 2.06 bits per heavy atom. The maximum Gasteiger partial charge on any atom is 0.249 e. The third-order valence-corrected chi connectivity index (χ3v) is 3.24. The largest absolute Gasteiger partial charge is 0.461 e. The van der Waals surface area contributed by atoms with E-state index in [1.54, 1.807) is 6.07 Å². The van der Waals surface area contributed by atoms with Gasteiger partial charge in [0.2, 0.25) is 5.91 Å². The molecule has 3 nitrogen and oxygen atoms in total. The molecule has 0 spiro atoms. The lowest BCUT2D eigenvalue weighted by molar-refractivity contribution is 0.100. The molecule has 82 valence electrons.